The third-order valence-electron chi connectivity index (χ3n) is 5.15. The molecular weight excluding hydrogens is 409 g/mol. The fourth-order valence-corrected chi connectivity index (χ4v) is 4.65. The van der Waals surface area contributed by atoms with E-state index < -0.39 is 39.7 Å². The zero-order chi connectivity index (χ0) is 21.9. The van der Waals surface area contributed by atoms with Crippen LogP contribution in [0, 0.1) is 5.82 Å². The summed E-state index contributed by atoms with van der Waals surface area (Å²) in [6.45, 7) is 2.54. The third kappa shape index (κ3) is 4.36. The highest BCUT2D eigenvalue weighted by atomic mass is 32.2. The van der Waals surface area contributed by atoms with Gasteiger partial charge in [-0.3, -0.25) is 14.5 Å². The lowest BCUT2D eigenvalue weighted by molar-refractivity contribution is -0.133. The molecule has 0 aromatic heterocycles. The zero-order valence-corrected chi connectivity index (χ0v) is 17.7. The number of piperazine rings is 1. The molecule has 30 heavy (non-hydrogen) atoms. The van der Waals surface area contributed by atoms with Gasteiger partial charge in [-0.05, 0) is 37.6 Å². The summed E-state index contributed by atoms with van der Waals surface area (Å²) < 4.78 is 39.8. The van der Waals surface area contributed by atoms with Crippen molar-refractivity contribution in [3.05, 3.63) is 66.0 Å². The average Bonchev–Trinajstić information content (AvgIpc) is 2.72. The summed E-state index contributed by atoms with van der Waals surface area (Å²) in [5, 5.41) is 2.79. The lowest BCUT2D eigenvalue weighted by Crippen LogP contribution is -2.70. The molecule has 9 heteroatoms. The van der Waals surface area contributed by atoms with Crippen molar-refractivity contribution >= 4 is 27.5 Å². The maximum Gasteiger partial charge on any atom is 0.247 e. The topological polar surface area (TPSA) is 86.8 Å². The number of hydrogen-bond acceptors (Lipinski definition) is 4. The van der Waals surface area contributed by atoms with Gasteiger partial charge in [0, 0.05) is 18.8 Å². The molecule has 0 radical (unpaired) electrons. The maximum absolute atomic E-state index is 13.8. The maximum atomic E-state index is 13.8. The van der Waals surface area contributed by atoms with E-state index in [1.165, 1.54) is 36.9 Å². The third-order valence-corrected chi connectivity index (χ3v) is 6.92. The number of nitrogens with zero attached hydrogens (tertiary/aromatic N) is 2. The SMILES string of the molecule is CCS(=O)(=O)N1CC(=O)N(c2cccc(F)c2)[C@](C)(C(=O)NCc2ccccc2)C1. The first-order valence-corrected chi connectivity index (χ1v) is 11.2. The summed E-state index contributed by atoms with van der Waals surface area (Å²) in [4.78, 5) is 27.4. The Balaban J connectivity index is 1.97. The molecule has 2 aromatic rings. The molecule has 160 valence electrons. The molecule has 1 heterocycles. The summed E-state index contributed by atoms with van der Waals surface area (Å²) in [6.07, 6.45) is 0. The van der Waals surface area contributed by atoms with Crippen LogP contribution in [-0.4, -0.2) is 48.9 Å². The second-order valence-corrected chi connectivity index (χ2v) is 9.58. The molecule has 3 rings (SSSR count). The Labute approximate surface area is 175 Å². The van der Waals surface area contributed by atoms with Gasteiger partial charge in [-0.2, -0.15) is 4.31 Å². The number of benzene rings is 2. The van der Waals surface area contributed by atoms with Crippen LogP contribution in [0.15, 0.2) is 54.6 Å². The van der Waals surface area contributed by atoms with Crippen LogP contribution in [-0.2, 0) is 26.2 Å². The monoisotopic (exact) mass is 433 g/mol. The Hall–Kier alpha value is -2.78. The number of halogens is 1. The van der Waals surface area contributed by atoms with Crippen LogP contribution >= 0.6 is 0 Å². The first kappa shape index (κ1) is 21.9. The Morgan fingerprint density at radius 2 is 1.87 bits per heavy atom. The van der Waals surface area contributed by atoms with E-state index in [1.807, 2.05) is 30.3 Å². The van der Waals surface area contributed by atoms with Gasteiger partial charge in [-0.15, -0.1) is 0 Å². The highest BCUT2D eigenvalue weighted by Crippen LogP contribution is 2.31. The lowest BCUT2D eigenvalue weighted by Gasteiger charge is -2.46. The van der Waals surface area contributed by atoms with Crippen molar-refractivity contribution in [3.8, 4) is 0 Å². The zero-order valence-electron chi connectivity index (χ0n) is 16.8. The molecule has 7 nitrogen and oxygen atoms in total. The van der Waals surface area contributed by atoms with Gasteiger partial charge in [0.25, 0.3) is 0 Å². The van der Waals surface area contributed by atoms with Crippen molar-refractivity contribution in [2.45, 2.75) is 25.9 Å². The Kier molecular flexibility index (Phi) is 6.23. The van der Waals surface area contributed by atoms with Crippen molar-refractivity contribution in [1.29, 1.82) is 0 Å². The molecule has 1 fully saturated rings. The van der Waals surface area contributed by atoms with Gasteiger partial charge in [0.15, 0.2) is 0 Å². The molecule has 0 aliphatic carbocycles. The average molecular weight is 434 g/mol. The van der Waals surface area contributed by atoms with Crippen molar-refractivity contribution < 1.29 is 22.4 Å². The number of carbonyl (C=O) groups is 2. The van der Waals surface area contributed by atoms with Gasteiger partial charge < -0.3 is 5.32 Å². The van der Waals surface area contributed by atoms with E-state index in [2.05, 4.69) is 5.32 Å². The van der Waals surface area contributed by atoms with Crippen molar-refractivity contribution in [2.24, 2.45) is 0 Å². The minimum absolute atomic E-state index is 0.193. The van der Waals surface area contributed by atoms with Gasteiger partial charge in [-0.1, -0.05) is 36.4 Å². The molecule has 1 aliphatic heterocycles. The van der Waals surface area contributed by atoms with E-state index in [0.717, 1.165) is 15.9 Å². The molecule has 1 atom stereocenters. The number of rotatable bonds is 6. The number of nitrogens with one attached hydrogen (secondary N) is 1. The van der Waals surface area contributed by atoms with E-state index in [1.54, 1.807) is 0 Å². The number of hydrogen-bond donors (Lipinski definition) is 1. The second-order valence-electron chi connectivity index (χ2n) is 7.32. The van der Waals surface area contributed by atoms with Crippen LogP contribution in [0.5, 0.6) is 0 Å². The second kappa shape index (κ2) is 8.53. The molecule has 1 aliphatic rings. The first-order valence-electron chi connectivity index (χ1n) is 9.56. The summed E-state index contributed by atoms with van der Waals surface area (Å²) in [7, 11) is -3.71. The number of amides is 2. The summed E-state index contributed by atoms with van der Waals surface area (Å²) in [5.41, 5.74) is -0.502. The van der Waals surface area contributed by atoms with Crippen LogP contribution < -0.4 is 10.2 Å². The lowest BCUT2D eigenvalue weighted by atomic mass is 9.94. The van der Waals surface area contributed by atoms with Gasteiger partial charge >= 0.3 is 0 Å². The predicted octanol–water partition coefficient (Wildman–Crippen LogP) is 1.90. The molecule has 1 N–H and O–H groups in total. The summed E-state index contributed by atoms with van der Waals surface area (Å²) >= 11 is 0. The van der Waals surface area contributed by atoms with E-state index >= 15 is 0 Å². The van der Waals surface area contributed by atoms with Crippen molar-refractivity contribution in [2.75, 3.05) is 23.7 Å². The number of sulfonamides is 1. The van der Waals surface area contributed by atoms with Gasteiger partial charge in [-0.25, -0.2) is 12.8 Å². The molecule has 2 amide bonds. The van der Waals surface area contributed by atoms with Crippen LogP contribution in [0.4, 0.5) is 10.1 Å². The molecule has 2 aromatic carbocycles. The first-order chi connectivity index (χ1) is 14.2. The molecular formula is C21H24FN3O4S. The predicted molar refractivity (Wildman–Crippen MR) is 112 cm³/mol. The fraction of sp³-hybridized carbons (Fsp3) is 0.333. The number of carbonyl (C=O) groups excluding carboxylic acids is 2. The van der Waals surface area contributed by atoms with Crippen LogP contribution in [0.2, 0.25) is 0 Å². The Bertz CT molecular complexity index is 1050. The molecule has 0 unspecified atom stereocenters. The van der Waals surface area contributed by atoms with Crippen LogP contribution in [0.3, 0.4) is 0 Å². The number of anilines is 1. The van der Waals surface area contributed by atoms with Gasteiger partial charge in [0.2, 0.25) is 21.8 Å². The largest absolute Gasteiger partial charge is 0.350 e. The van der Waals surface area contributed by atoms with E-state index in [-0.39, 0.29) is 24.5 Å². The molecule has 0 bridgehead atoms. The van der Waals surface area contributed by atoms with E-state index in [4.69, 9.17) is 0 Å². The molecule has 1 saturated heterocycles. The highest BCUT2D eigenvalue weighted by molar-refractivity contribution is 7.89. The molecule has 0 saturated carbocycles. The minimum atomic E-state index is -3.71. The summed E-state index contributed by atoms with van der Waals surface area (Å²) in [6, 6.07) is 14.6. The fourth-order valence-electron chi connectivity index (χ4n) is 3.53. The van der Waals surface area contributed by atoms with Crippen molar-refractivity contribution in [3.63, 3.8) is 0 Å². The quantitative estimate of drug-likeness (QED) is 0.754. The van der Waals surface area contributed by atoms with Gasteiger partial charge in [0.1, 0.15) is 11.4 Å². The van der Waals surface area contributed by atoms with Crippen molar-refractivity contribution in [1.82, 2.24) is 9.62 Å². The van der Waals surface area contributed by atoms with E-state index in [0.29, 0.717) is 0 Å². The summed E-state index contributed by atoms with van der Waals surface area (Å²) in [5.74, 6) is -1.88. The smallest absolute Gasteiger partial charge is 0.247 e. The normalized spacial score (nSPS) is 20.2. The van der Waals surface area contributed by atoms with Gasteiger partial charge in [0.05, 0.1) is 12.3 Å². The van der Waals surface area contributed by atoms with Crippen LogP contribution in [0.1, 0.15) is 19.4 Å². The Morgan fingerprint density at radius 3 is 2.50 bits per heavy atom. The standard InChI is InChI=1S/C21H24FN3O4S/c1-3-30(28,29)24-14-19(26)25(18-11-7-10-17(22)12-18)21(2,15-24)20(27)23-13-16-8-5-4-6-9-16/h4-12H,3,13-15H2,1-2H3,(H,23,27)/t21-/m0/s1. The Morgan fingerprint density at radius 1 is 1.17 bits per heavy atom. The van der Waals surface area contributed by atoms with Crippen LogP contribution in [0.25, 0.3) is 0 Å². The highest BCUT2D eigenvalue weighted by Gasteiger charge is 2.50. The minimum Gasteiger partial charge on any atom is -0.350 e. The van der Waals surface area contributed by atoms with E-state index in [9.17, 15) is 22.4 Å². The molecule has 0 spiro atoms.